The summed E-state index contributed by atoms with van der Waals surface area (Å²) in [5.74, 6) is -0.219. The molecule has 0 aliphatic rings. The average molecular weight is 233 g/mol. The van der Waals surface area contributed by atoms with Crippen LogP contribution in [0, 0.1) is 5.82 Å². The van der Waals surface area contributed by atoms with Gasteiger partial charge in [-0.3, -0.25) is 0 Å². The first-order valence-corrected chi connectivity index (χ1v) is 5.70. The minimum atomic E-state index is -0.219. The van der Waals surface area contributed by atoms with Crippen LogP contribution in [0.25, 0.3) is 0 Å². The average Bonchev–Trinajstić information content (AvgIpc) is 2.76. The van der Waals surface area contributed by atoms with Gasteiger partial charge in [-0.15, -0.1) is 0 Å². The quantitative estimate of drug-likeness (QED) is 0.881. The summed E-state index contributed by atoms with van der Waals surface area (Å²) in [5, 5.41) is 0. The lowest BCUT2D eigenvalue weighted by Crippen LogP contribution is -2.14. The van der Waals surface area contributed by atoms with Gasteiger partial charge in [-0.2, -0.15) is 0 Å². The number of hydrogen-bond donors (Lipinski definition) is 1. The summed E-state index contributed by atoms with van der Waals surface area (Å²) in [6, 6.07) is 6.55. The third-order valence-corrected chi connectivity index (χ3v) is 2.81. The molecular formula is C13H16FN3. The molecule has 1 atom stereocenters. The number of nitrogens with two attached hydrogens (primary N) is 1. The summed E-state index contributed by atoms with van der Waals surface area (Å²) in [4.78, 5) is 4.10. The molecule has 0 spiro atoms. The zero-order valence-electron chi connectivity index (χ0n) is 9.81. The van der Waals surface area contributed by atoms with Crippen LogP contribution in [0.15, 0.2) is 36.8 Å². The predicted octanol–water partition coefficient (Wildman–Crippen LogP) is 2.48. The maximum Gasteiger partial charge on any atom is 0.123 e. The molecule has 0 amide bonds. The Bertz CT molecular complexity index is 493. The molecular weight excluding hydrogens is 217 g/mol. The first-order valence-electron chi connectivity index (χ1n) is 5.70. The van der Waals surface area contributed by atoms with E-state index < -0.39 is 0 Å². The molecule has 90 valence electrons. The van der Waals surface area contributed by atoms with Crippen molar-refractivity contribution in [3.63, 3.8) is 0 Å². The molecule has 0 saturated carbocycles. The topological polar surface area (TPSA) is 43.8 Å². The van der Waals surface area contributed by atoms with Gasteiger partial charge in [-0.25, -0.2) is 9.37 Å². The molecule has 0 unspecified atom stereocenters. The van der Waals surface area contributed by atoms with Crippen molar-refractivity contribution in [1.29, 1.82) is 0 Å². The molecule has 0 aliphatic heterocycles. The van der Waals surface area contributed by atoms with Gasteiger partial charge in [0.1, 0.15) is 5.82 Å². The van der Waals surface area contributed by atoms with Crippen molar-refractivity contribution in [2.75, 3.05) is 0 Å². The zero-order chi connectivity index (χ0) is 12.3. The molecule has 3 nitrogen and oxygen atoms in total. The third-order valence-electron chi connectivity index (χ3n) is 2.81. The van der Waals surface area contributed by atoms with Crippen molar-refractivity contribution in [2.24, 2.45) is 5.73 Å². The van der Waals surface area contributed by atoms with E-state index in [-0.39, 0.29) is 11.9 Å². The number of hydrogen-bond acceptors (Lipinski definition) is 2. The normalized spacial score (nSPS) is 12.6. The fourth-order valence-corrected chi connectivity index (χ4v) is 1.81. The van der Waals surface area contributed by atoms with Crippen LogP contribution < -0.4 is 5.73 Å². The Balaban J connectivity index is 2.22. The van der Waals surface area contributed by atoms with E-state index in [9.17, 15) is 4.39 Å². The minimum Gasteiger partial charge on any atom is -0.329 e. The van der Waals surface area contributed by atoms with Crippen LogP contribution in [-0.2, 0) is 6.54 Å². The van der Waals surface area contributed by atoms with Crippen LogP contribution in [0.2, 0.25) is 0 Å². The molecule has 0 fully saturated rings. The summed E-state index contributed by atoms with van der Waals surface area (Å²) in [7, 11) is 0. The van der Waals surface area contributed by atoms with Crippen molar-refractivity contribution in [1.82, 2.24) is 9.55 Å². The Labute approximate surface area is 100 Å². The number of halogens is 1. The van der Waals surface area contributed by atoms with Crippen molar-refractivity contribution in [3.05, 3.63) is 53.9 Å². The second kappa shape index (κ2) is 5.10. The highest BCUT2D eigenvalue weighted by Crippen LogP contribution is 2.15. The van der Waals surface area contributed by atoms with Crippen LogP contribution in [0.4, 0.5) is 4.39 Å². The summed E-state index contributed by atoms with van der Waals surface area (Å²) in [5.41, 5.74) is 7.88. The van der Waals surface area contributed by atoms with E-state index in [0.29, 0.717) is 6.54 Å². The minimum absolute atomic E-state index is 0.0222. The molecule has 1 aromatic heterocycles. The molecule has 4 heteroatoms. The van der Waals surface area contributed by atoms with Gasteiger partial charge >= 0.3 is 0 Å². The largest absolute Gasteiger partial charge is 0.329 e. The summed E-state index contributed by atoms with van der Waals surface area (Å²) >= 11 is 0. The van der Waals surface area contributed by atoms with Gasteiger partial charge in [-0.05, 0) is 24.1 Å². The number of rotatable bonds is 4. The Morgan fingerprint density at radius 3 is 3.00 bits per heavy atom. The molecule has 1 heterocycles. The third kappa shape index (κ3) is 2.71. The fraction of sp³-hybridized carbons (Fsp3) is 0.308. The van der Waals surface area contributed by atoms with Crippen LogP contribution in [0.1, 0.15) is 30.6 Å². The molecule has 17 heavy (non-hydrogen) atoms. The lowest BCUT2D eigenvalue weighted by molar-refractivity contribution is 0.608. The number of imidazole rings is 1. The first kappa shape index (κ1) is 11.8. The van der Waals surface area contributed by atoms with E-state index in [2.05, 4.69) is 4.98 Å². The van der Waals surface area contributed by atoms with Crippen LogP contribution in [0.3, 0.4) is 0 Å². The Morgan fingerprint density at radius 1 is 1.47 bits per heavy atom. The lowest BCUT2D eigenvalue weighted by Gasteiger charge is -2.12. The van der Waals surface area contributed by atoms with Gasteiger partial charge < -0.3 is 10.3 Å². The molecule has 0 aliphatic carbocycles. The van der Waals surface area contributed by atoms with Crippen molar-refractivity contribution in [2.45, 2.75) is 25.9 Å². The van der Waals surface area contributed by atoms with Gasteiger partial charge in [0.15, 0.2) is 0 Å². The Kier molecular flexibility index (Phi) is 3.54. The fourth-order valence-electron chi connectivity index (χ4n) is 1.81. The van der Waals surface area contributed by atoms with E-state index in [1.165, 1.54) is 12.1 Å². The SMILES string of the molecule is CC[C@@H](N)c1cncn1Cc1cccc(F)c1. The number of aromatic nitrogens is 2. The van der Waals surface area contributed by atoms with E-state index in [0.717, 1.165) is 17.7 Å². The summed E-state index contributed by atoms with van der Waals surface area (Å²) in [6.45, 7) is 2.63. The van der Waals surface area contributed by atoms with Gasteiger partial charge in [-0.1, -0.05) is 19.1 Å². The smallest absolute Gasteiger partial charge is 0.123 e. The zero-order valence-corrected chi connectivity index (χ0v) is 9.81. The maximum absolute atomic E-state index is 13.1. The highest BCUT2D eigenvalue weighted by molar-refractivity contribution is 5.18. The van der Waals surface area contributed by atoms with Gasteiger partial charge in [0.2, 0.25) is 0 Å². The van der Waals surface area contributed by atoms with Crippen LogP contribution in [0.5, 0.6) is 0 Å². The number of benzene rings is 1. The van der Waals surface area contributed by atoms with Crippen molar-refractivity contribution < 1.29 is 4.39 Å². The lowest BCUT2D eigenvalue weighted by atomic mass is 10.1. The predicted molar refractivity (Wildman–Crippen MR) is 64.9 cm³/mol. The summed E-state index contributed by atoms with van der Waals surface area (Å²) < 4.78 is 15.0. The maximum atomic E-state index is 13.1. The van der Waals surface area contributed by atoms with Gasteiger partial charge in [0.05, 0.1) is 12.0 Å². The Morgan fingerprint density at radius 2 is 2.29 bits per heavy atom. The highest BCUT2D eigenvalue weighted by Gasteiger charge is 2.09. The second-order valence-corrected chi connectivity index (χ2v) is 4.09. The standard InChI is InChI=1S/C13H16FN3/c1-2-12(15)13-7-16-9-17(13)8-10-4-3-5-11(14)6-10/h3-7,9,12H,2,8,15H2,1H3/t12-/m1/s1. The van der Waals surface area contributed by atoms with E-state index in [4.69, 9.17) is 5.73 Å². The molecule has 2 N–H and O–H groups in total. The molecule has 0 bridgehead atoms. The molecule has 2 aromatic rings. The second-order valence-electron chi connectivity index (χ2n) is 4.09. The van der Waals surface area contributed by atoms with Crippen LogP contribution in [-0.4, -0.2) is 9.55 Å². The monoisotopic (exact) mass is 233 g/mol. The molecule has 0 saturated heterocycles. The molecule has 1 aromatic carbocycles. The van der Waals surface area contributed by atoms with E-state index in [1.807, 2.05) is 17.6 Å². The molecule has 2 rings (SSSR count). The molecule has 0 radical (unpaired) electrons. The summed E-state index contributed by atoms with van der Waals surface area (Å²) in [6.07, 6.45) is 4.36. The van der Waals surface area contributed by atoms with E-state index in [1.54, 1.807) is 18.6 Å². The van der Waals surface area contributed by atoms with Gasteiger partial charge in [0.25, 0.3) is 0 Å². The van der Waals surface area contributed by atoms with Gasteiger partial charge in [0, 0.05) is 18.8 Å². The number of nitrogens with zero attached hydrogens (tertiary/aromatic N) is 2. The highest BCUT2D eigenvalue weighted by atomic mass is 19.1. The Hall–Kier alpha value is -1.68. The van der Waals surface area contributed by atoms with E-state index >= 15 is 0 Å². The van der Waals surface area contributed by atoms with Crippen molar-refractivity contribution in [3.8, 4) is 0 Å². The van der Waals surface area contributed by atoms with Crippen LogP contribution >= 0.6 is 0 Å². The van der Waals surface area contributed by atoms with Crippen molar-refractivity contribution >= 4 is 0 Å². The first-order chi connectivity index (χ1) is 8.20.